The summed E-state index contributed by atoms with van der Waals surface area (Å²) >= 11 is 0. The molecule has 1 N–H and O–H groups in total. The predicted molar refractivity (Wildman–Crippen MR) is 123 cm³/mol. The van der Waals surface area contributed by atoms with Crippen LogP contribution in [0.5, 0.6) is 5.75 Å². The highest BCUT2D eigenvalue weighted by Crippen LogP contribution is 2.30. The molecule has 1 saturated heterocycles. The zero-order valence-electron chi connectivity index (χ0n) is 18.6. The second kappa shape index (κ2) is 9.86. The molecule has 1 aliphatic rings. The van der Waals surface area contributed by atoms with Gasteiger partial charge in [0, 0.05) is 25.2 Å². The van der Waals surface area contributed by atoms with Gasteiger partial charge in [-0.1, -0.05) is 12.1 Å². The van der Waals surface area contributed by atoms with Crippen LogP contribution in [0.25, 0.3) is 11.3 Å². The molecule has 34 heavy (non-hydrogen) atoms. The van der Waals surface area contributed by atoms with Crippen molar-refractivity contribution >= 4 is 16.1 Å². The van der Waals surface area contributed by atoms with Crippen molar-refractivity contribution in [1.29, 1.82) is 0 Å². The summed E-state index contributed by atoms with van der Waals surface area (Å²) in [6, 6.07) is 13.2. The molecule has 2 heterocycles. The Hall–Kier alpha value is -3.37. The van der Waals surface area contributed by atoms with Crippen molar-refractivity contribution in [3.05, 3.63) is 72.2 Å². The molecule has 4 rings (SSSR count). The first kappa shape index (κ1) is 23.8. The van der Waals surface area contributed by atoms with Gasteiger partial charge in [-0.15, -0.1) is 0 Å². The Balaban J connectivity index is 1.69. The third-order valence-corrected chi connectivity index (χ3v) is 7.21. The summed E-state index contributed by atoms with van der Waals surface area (Å²) in [5.74, 6) is -0.108. The van der Waals surface area contributed by atoms with Gasteiger partial charge in [0.25, 0.3) is 10.0 Å². The summed E-state index contributed by atoms with van der Waals surface area (Å²) in [6.07, 6.45) is 2.55. The second-order valence-corrected chi connectivity index (χ2v) is 9.85. The molecule has 2 aromatic carbocycles. The minimum atomic E-state index is -4.12. The van der Waals surface area contributed by atoms with Gasteiger partial charge in [0.2, 0.25) is 0 Å². The van der Waals surface area contributed by atoms with Crippen molar-refractivity contribution in [2.45, 2.75) is 37.0 Å². The molecule has 0 spiro atoms. The van der Waals surface area contributed by atoms with Crippen LogP contribution in [0.2, 0.25) is 0 Å². The zero-order valence-corrected chi connectivity index (χ0v) is 19.4. The molecular weight excluding hydrogens is 463 g/mol. The number of amides is 1. The number of hydrogen-bond donors (Lipinski definition) is 1. The highest BCUT2D eigenvalue weighted by molar-refractivity contribution is 7.90. The van der Waals surface area contributed by atoms with Gasteiger partial charge in [-0.25, -0.2) is 21.6 Å². The summed E-state index contributed by atoms with van der Waals surface area (Å²) in [6.45, 7) is 0.566. The van der Waals surface area contributed by atoms with Crippen molar-refractivity contribution in [3.63, 3.8) is 0 Å². The summed E-state index contributed by atoms with van der Waals surface area (Å²) in [5, 5.41) is 9.18. The quantitative estimate of drug-likeness (QED) is 0.524. The highest BCUT2D eigenvalue weighted by atomic mass is 32.2. The van der Waals surface area contributed by atoms with Crippen LogP contribution in [0.4, 0.5) is 9.18 Å². The molecule has 1 fully saturated rings. The topological polar surface area (TPSA) is 98.1 Å². The van der Waals surface area contributed by atoms with Crippen LogP contribution in [0.3, 0.4) is 0 Å². The number of carboxylic acid groups (broad SMARTS) is 1. The van der Waals surface area contributed by atoms with E-state index in [1.165, 1.54) is 49.6 Å². The molecule has 10 heteroatoms. The van der Waals surface area contributed by atoms with E-state index < -0.39 is 21.9 Å². The lowest BCUT2D eigenvalue weighted by molar-refractivity contribution is -0.105. The Morgan fingerprint density at radius 3 is 2.59 bits per heavy atom. The normalized spacial score (nSPS) is 16.2. The van der Waals surface area contributed by atoms with Crippen molar-refractivity contribution < 1.29 is 32.2 Å². The van der Waals surface area contributed by atoms with Gasteiger partial charge < -0.3 is 19.5 Å². The molecule has 1 amide bonds. The molecule has 1 aromatic heterocycles. The SMILES string of the molecule is CN(Cc1cc(-c2ccccc2F)n(S(=O)(=O)c2ccc(OC3CCCCO3)cc2)c1)C(=O)O. The first-order valence-corrected chi connectivity index (χ1v) is 12.2. The van der Waals surface area contributed by atoms with E-state index in [1.807, 2.05) is 0 Å². The fourth-order valence-corrected chi connectivity index (χ4v) is 5.14. The number of halogens is 1. The van der Waals surface area contributed by atoms with Crippen LogP contribution in [0, 0.1) is 5.82 Å². The molecule has 0 aliphatic carbocycles. The minimum absolute atomic E-state index is 0.0178. The van der Waals surface area contributed by atoms with Crippen LogP contribution in [-0.4, -0.2) is 48.4 Å². The van der Waals surface area contributed by atoms with E-state index in [0.29, 0.717) is 17.9 Å². The third-order valence-electron chi connectivity index (χ3n) is 5.52. The van der Waals surface area contributed by atoms with E-state index in [9.17, 15) is 22.7 Å². The van der Waals surface area contributed by atoms with Crippen molar-refractivity contribution in [2.24, 2.45) is 0 Å². The van der Waals surface area contributed by atoms with Crippen molar-refractivity contribution in [3.8, 4) is 17.0 Å². The Morgan fingerprint density at radius 2 is 1.94 bits per heavy atom. The van der Waals surface area contributed by atoms with E-state index in [0.717, 1.165) is 28.1 Å². The molecule has 180 valence electrons. The number of benzene rings is 2. The fourth-order valence-electron chi connectivity index (χ4n) is 3.75. The van der Waals surface area contributed by atoms with Crippen molar-refractivity contribution in [1.82, 2.24) is 8.87 Å². The number of nitrogens with zero attached hydrogens (tertiary/aromatic N) is 2. The Labute approximate surface area is 197 Å². The van der Waals surface area contributed by atoms with E-state index >= 15 is 0 Å². The van der Waals surface area contributed by atoms with E-state index in [2.05, 4.69) is 0 Å². The van der Waals surface area contributed by atoms with E-state index in [1.54, 1.807) is 18.2 Å². The number of ether oxygens (including phenoxy) is 2. The van der Waals surface area contributed by atoms with Gasteiger partial charge in [-0.2, -0.15) is 0 Å². The maximum atomic E-state index is 14.6. The van der Waals surface area contributed by atoms with E-state index in [-0.39, 0.29) is 29.0 Å². The fraction of sp³-hybridized carbons (Fsp3) is 0.292. The average Bonchev–Trinajstić information content (AvgIpc) is 3.25. The summed E-state index contributed by atoms with van der Waals surface area (Å²) in [5.41, 5.74) is 0.591. The largest absolute Gasteiger partial charge is 0.465 e. The number of aromatic nitrogens is 1. The first-order valence-electron chi connectivity index (χ1n) is 10.8. The first-order chi connectivity index (χ1) is 16.3. The summed E-state index contributed by atoms with van der Waals surface area (Å²) in [7, 11) is -2.76. The molecule has 1 aliphatic heterocycles. The van der Waals surface area contributed by atoms with Crippen LogP contribution in [0.15, 0.2) is 65.7 Å². The van der Waals surface area contributed by atoms with Gasteiger partial charge in [-0.05, 0) is 60.9 Å². The van der Waals surface area contributed by atoms with Crippen LogP contribution < -0.4 is 4.74 Å². The van der Waals surface area contributed by atoms with Crippen LogP contribution in [-0.2, 0) is 21.3 Å². The molecule has 1 atom stereocenters. The number of carbonyl (C=O) groups is 1. The molecule has 1 unspecified atom stereocenters. The van der Waals surface area contributed by atoms with Gasteiger partial charge in [0.1, 0.15) is 11.6 Å². The lowest BCUT2D eigenvalue weighted by Crippen LogP contribution is -2.25. The minimum Gasteiger partial charge on any atom is -0.465 e. The van der Waals surface area contributed by atoms with Gasteiger partial charge in [0.05, 0.1) is 23.7 Å². The lowest BCUT2D eigenvalue weighted by Gasteiger charge is -2.23. The average molecular weight is 489 g/mol. The third kappa shape index (κ3) is 5.07. The van der Waals surface area contributed by atoms with Gasteiger partial charge in [0.15, 0.2) is 6.29 Å². The molecule has 0 saturated carbocycles. The molecule has 3 aromatic rings. The maximum Gasteiger partial charge on any atom is 0.407 e. The highest BCUT2D eigenvalue weighted by Gasteiger charge is 2.24. The lowest BCUT2D eigenvalue weighted by atomic mass is 10.1. The maximum absolute atomic E-state index is 14.6. The van der Waals surface area contributed by atoms with Gasteiger partial charge >= 0.3 is 6.09 Å². The molecule has 0 radical (unpaired) electrons. The Bertz CT molecular complexity index is 1270. The predicted octanol–water partition coefficient (Wildman–Crippen LogP) is 4.55. The molecule has 8 nitrogen and oxygen atoms in total. The number of rotatable bonds is 7. The standard InChI is InChI=1S/C24H25FN2O6S/c1-26(24(28)29)15-17-14-22(20-6-2-3-7-21(20)25)27(16-17)34(30,31)19-11-9-18(10-12-19)33-23-8-4-5-13-32-23/h2-3,6-7,9-12,14,16,23H,4-5,8,13,15H2,1H3,(H,28,29). The van der Waals surface area contributed by atoms with Crippen molar-refractivity contribution in [2.75, 3.05) is 13.7 Å². The van der Waals surface area contributed by atoms with Crippen LogP contribution in [0.1, 0.15) is 24.8 Å². The van der Waals surface area contributed by atoms with Gasteiger partial charge in [-0.3, -0.25) is 0 Å². The molecular formula is C24H25FN2O6S. The zero-order chi connectivity index (χ0) is 24.3. The Kier molecular flexibility index (Phi) is 6.90. The Morgan fingerprint density at radius 1 is 1.21 bits per heavy atom. The van der Waals surface area contributed by atoms with E-state index in [4.69, 9.17) is 9.47 Å². The smallest absolute Gasteiger partial charge is 0.407 e. The second-order valence-electron chi connectivity index (χ2n) is 8.04. The summed E-state index contributed by atoms with van der Waals surface area (Å²) in [4.78, 5) is 12.2. The van der Waals surface area contributed by atoms with Crippen LogP contribution >= 0.6 is 0 Å². The summed E-state index contributed by atoms with van der Waals surface area (Å²) < 4.78 is 53.9. The molecule has 0 bridgehead atoms. The number of hydrogen-bond acceptors (Lipinski definition) is 5. The monoisotopic (exact) mass is 488 g/mol.